The molecular weight excluding hydrogens is 444 g/mol. The fraction of sp³-hybridized carbons (Fsp3) is 0.435. The Labute approximate surface area is 186 Å². The number of rotatable bonds is 7. The molecule has 3 rings (SSSR count). The maximum absolute atomic E-state index is 12.6. The van der Waals surface area contributed by atoms with E-state index in [0.717, 1.165) is 35.8 Å². The number of hydrogen-bond acceptors (Lipinski definition) is 4. The number of amides is 2. The molecule has 1 saturated heterocycles. The zero-order valence-corrected chi connectivity index (χ0v) is 19.1. The van der Waals surface area contributed by atoms with Crippen LogP contribution in [0.2, 0.25) is 0 Å². The van der Waals surface area contributed by atoms with Crippen molar-refractivity contribution in [3.05, 3.63) is 58.2 Å². The average molecular weight is 473 g/mol. The number of halogens is 1. The van der Waals surface area contributed by atoms with Crippen LogP contribution in [0.15, 0.2) is 47.1 Å². The molecule has 2 aromatic rings. The van der Waals surface area contributed by atoms with Crippen LogP contribution in [-0.4, -0.2) is 41.3 Å². The van der Waals surface area contributed by atoms with Crippen molar-refractivity contribution < 1.29 is 9.59 Å². The summed E-state index contributed by atoms with van der Waals surface area (Å²) in [6.45, 7) is 5.83. The molecule has 1 fully saturated rings. The maximum Gasteiger partial charge on any atom is 0.234 e. The normalized spacial score (nSPS) is 17.9. The van der Waals surface area contributed by atoms with Crippen molar-refractivity contribution in [1.82, 2.24) is 15.2 Å². The van der Waals surface area contributed by atoms with E-state index in [1.165, 1.54) is 5.56 Å². The molecule has 0 aliphatic carbocycles. The topological polar surface area (TPSA) is 74.3 Å². The summed E-state index contributed by atoms with van der Waals surface area (Å²) < 4.78 is 0.867. The maximum atomic E-state index is 12.6. The molecule has 1 aliphatic heterocycles. The van der Waals surface area contributed by atoms with Crippen LogP contribution in [0.5, 0.6) is 0 Å². The lowest BCUT2D eigenvalue weighted by molar-refractivity contribution is -0.126. The summed E-state index contributed by atoms with van der Waals surface area (Å²) in [4.78, 5) is 31.4. The molecule has 2 N–H and O–H groups in total. The second-order valence-electron chi connectivity index (χ2n) is 7.81. The molecule has 2 unspecified atom stereocenters. The van der Waals surface area contributed by atoms with Crippen LogP contribution in [0.4, 0.5) is 5.82 Å². The predicted octanol–water partition coefficient (Wildman–Crippen LogP) is 3.93. The van der Waals surface area contributed by atoms with Crippen molar-refractivity contribution in [1.29, 1.82) is 0 Å². The molecule has 6 nitrogen and oxygen atoms in total. The number of pyridine rings is 1. The summed E-state index contributed by atoms with van der Waals surface area (Å²) in [5.74, 6) is 0.342. The first-order valence-corrected chi connectivity index (χ1v) is 11.3. The lowest BCUT2D eigenvalue weighted by atomic mass is 9.97. The SMILES string of the molecule is CCc1ccc(C(C)NC(=O)CN2CCCC(C(=O)Nc3ccc(Br)cn3)C2)cc1. The van der Waals surface area contributed by atoms with Gasteiger partial charge in [-0.1, -0.05) is 31.2 Å². The summed E-state index contributed by atoms with van der Waals surface area (Å²) in [6.07, 6.45) is 4.38. The van der Waals surface area contributed by atoms with Gasteiger partial charge in [-0.25, -0.2) is 4.98 Å². The highest BCUT2D eigenvalue weighted by atomic mass is 79.9. The van der Waals surface area contributed by atoms with Crippen molar-refractivity contribution in [2.45, 2.75) is 39.2 Å². The second kappa shape index (κ2) is 10.7. The third kappa shape index (κ3) is 6.37. The van der Waals surface area contributed by atoms with Gasteiger partial charge in [0.15, 0.2) is 0 Å². The lowest BCUT2D eigenvalue weighted by Gasteiger charge is -2.31. The first-order chi connectivity index (χ1) is 14.4. The fourth-order valence-electron chi connectivity index (χ4n) is 3.71. The summed E-state index contributed by atoms with van der Waals surface area (Å²) in [6, 6.07) is 11.9. The third-order valence-electron chi connectivity index (χ3n) is 5.49. The molecule has 1 aromatic heterocycles. The third-order valence-corrected chi connectivity index (χ3v) is 5.96. The summed E-state index contributed by atoms with van der Waals surface area (Å²) in [5, 5.41) is 5.95. The molecule has 0 spiro atoms. The molecular formula is C23H29BrN4O2. The van der Waals surface area contributed by atoms with Crippen LogP contribution < -0.4 is 10.6 Å². The van der Waals surface area contributed by atoms with Gasteiger partial charge in [-0.15, -0.1) is 0 Å². The monoisotopic (exact) mass is 472 g/mol. The van der Waals surface area contributed by atoms with Gasteiger partial charge in [0, 0.05) is 17.2 Å². The Kier molecular flexibility index (Phi) is 7.99. The van der Waals surface area contributed by atoms with Crippen LogP contribution in [0, 0.1) is 5.92 Å². The van der Waals surface area contributed by atoms with Gasteiger partial charge in [-0.3, -0.25) is 14.5 Å². The smallest absolute Gasteiger partial charge is 0.234 e. The van der Waals surface area contributed by atoms with Crippen LogP contribution in [0.25, 0.3) is 0 Å². The molecule has 1 aliphatic rings. The highest BCUT2D eigenvalue weighted by Crippen LogP contribution is 2.19. The molecule has 0 bridgehead atoms. The number of nitrogens with one attached hydrogen (secondary N) is 2. The first-order valence-electron chi connectivity index (χ1n) is 10.5. The Morgan fingerprint density at radius 2 is 2.00 bits per heavy atom. The number of nitrogens with zero attached hydrogens (tertiary/aromatic N) is 2. The molecule has 2 atom stereocenters. The largest absolute Gasteiger partial charge is 0.348 e. The van der Waals surface area contributed by atoms with Gasteiger partial charge < -0.3 is 10.6 Å². The average Bonchev–Trinajstić information content (AvgIpc) is 2.75. The number of aryl methyl sites for hydroxylation is 1. The number of piperidine rings is 1. The van der Waals surface area contributed by atoms with Crippen LogP contribution in [0.1, 0.15) is 43.9 Å². The number of carbonyl (C=O) groups excluding carboxylic acids is 2. The molecule has 0 saturated carbocycles. The van der Waals surface area contributed by atoms with Crippen LogP contribution >= 0.6 is 15.9 Å². The van der Waals surface area contributed by atoms with Gasteiger partial charge in [0.25, 0.3) is 0 Å². The van der Waals surface area contributed by atoms with E-state index in [1.54, 1.807) is 12.3 Å². The van der Waals surface area contributed by atoms with Crippen LogP contribution in [-0.2, 0) is 16.0 Å². The van der Waals surface area contributed by atoms with Crippen LogP contribution in [0.3, 0.4) is 0 Å². The lowest BCUT2D eigenvalue weighted by Crippen LogP contribution is -2.45. The molecule has 7 heteroatoms. The summed E-state index contributed by atoms with van der Waals surface area (Å²) in [5.41, 5.74) is 2.38. The van der Waals surface area contributed by atoms with E-state index in [-0.39, 0.29) is 23.8 Å². The summed E-state index contributed by atoms with van der Waals surface area (Å²) >= 11 is 3.34. The standard InChI is InChI=1S/C23H29BrN4O2/c1-3-17-6-8-18(9-7-17)16(2)26-22(29)15-28-12-4-5-19(14-28)23(30)27-21-11-10-20(24)13-25-21/h6-11,13,16,19H,3-5,12,14-15H2,1-2H3,(H,26,29)(H,25,27,30). The van der Waals surface area contributed by atoms with Crippen molar-refractivity contribution >= 4 is 33.6 Å². The molecule has 160 valence electrons. The Balaban J connectivity index is 1.49. The highest BCUT2D eigenvalue weighted by molar-refractivity contribution is 9.10. The van der Waals surface area contributed by atoms with Crippen molar-refractivity contribution in [2.75, 3.05) is 25.0 Å². The summed E-state index contributed by atoms with van der Waals surface area (Å²) in [7, 11) is 0. The van der Waals surface area contributed by atoms with E-state index in [4.69, 9.17) is 0 Å². The van der Waals surface area contributed by atoms with E-state index in [0.29, 0.717) is 18.9 Å². The van der Waals surface area contributed by atoms with Gasteiger partial charge in [-0.2, -0.15) is 0 Å². The zero-order chi connectivity index (χ0) is 21.5. The number of carbonyl (C=O) groups is 2. The van der Waals surface area contributed by atoms with Gasteiger partial charge in [0.1, 0.15) is 5.82 Å². The number of benzene rings is 1. The minimum atomic E-state index is -0.143. The quantitative estimate of drug-likeness (QED) is 0.639. The first kappa shape index (κ1) is 22.4. The number of aromatic nitrogens is 1. The molecule has 1 aromatic carbocycles. The zero-order valence-electron chi connectivity index (χ0n) is 17.5. The van der Waals surface area contributed by atoms with Gasteiger partial charge in [0.05, 0.1) is 18.5 Å². The highest BCUT2D eigenvalue weighted by Gasteiger charge is 2.27. The Hall–Kier alpha value is -2.25. The van der Waals surface area contributed by atoms with E-state index in [1.807, 2.05) is 13.0 Å². The molecule has 0 radical (unpaired) electrons. The number of likely N-dealkylation sites (tertiary alicyclic amines) is 1. The Morgan fingerprint density at radius 3 is 2.67 bits per heavy atom. The Morgan fingerprint density at radius 1 is 1.23 bits per heavy atom. The fourth-order valence-corrected chi connectivity index (χ4v) is 3.94. The molecule has 2 amide bonds. The van der Waals surface area contributed by atoms with E-state index < -0.39 is 0 Å². The van der Waals surface area contributed by atoms with Crippen molar-refractivity contribution in [3.8, 4) is 0 Å². The van der Waals surface area contributed by atoms with Gasteiger partial charge in [0.2, 0.25) is 11.8 Å². The minimum Gasteiger partial charge on any atom is -0.348 e. The van der Waals surface area contributed by atoms with Crippen molar-refractivity contribution in [3.63, 3.8) is 0 Å². The molecule has 30 heavy (non-hydrogen) atoms. The predicted molar refractivity (Wildman–Crippen MR) is 122 cm³/mol. The van der Waals surface area contributed by atoms with Crippen molar-refractivity contribution in [2.24, 2.45) is 5.92 Å². The van der Waals surface area contributed by atoms with E-state index >= 15 is 0 Å². The minimum absolute atomic E-state index is 0.0160. The van der Waals surface area contributed by atoms with E-state index in [9.17, 15) is 9.59 Å². The van der Waals surface area contributed by atoms with E-state index in [2.05, 4.69) is 67.6 Å². The Bertz CT molecular complexity index is 855. The van der Waals surface area contributed by atoms with Gasteiger partial charge in [-0.05, 0) is 71.9 Å². The number of hydrogen-bond donors (Lipinski definition) is 2. The second-order valence-corrected chi connectivity index (χ2v) is 8.73. The number of anilines is 1. The van der Waals surface area contributed by atoms with Gasteiger partial charge >= 0.3 is 0 Å². The molecule has 2 heterocycles.